The van der Waals surface area contributed by atoms with Gasteiger partial charge in [-0.1, -0.05) is 11.8 Å². The van der Waals surface area contributed by atoms with Crippen LogP contribution in [0.15, 0.2) is 29.3 Å². The molecule has 1 heterocycles. The van der Waals surface area contributed by atoms with Crippen LogP contribution in [0.25, 0.3) is 0 Å². The Labute approximate surface area is 169 Å². The summed E-state index contributed by atoms with van der Waals surface area (Å²) in [7, 11) is 0. The number of carbonyl (C=O) groups excluding carboxylic acids is 3. The fraction of sp³-hybridized carbons (Fsp3) is 0.500. The molecule has 152 valence electrons. The number of carbonyl (C=O) groups is 3. The minimum Gasteiger partial charge on any atom is -0.462 e. The molecule has 1 aromatic carbocycles. The lowest BCUT2D eigenvalue weighted by Crippen LogP contribution is -2.38. The Morgan fingerprint density at radius 3 is 2.39 bits per heavy atom. The van der Waals surface area contributed by atoms with Crippen molar-refractivity contribution < 1.29 is 19.1 Å². The Morgan fingerprint density at radius 1 is 1.21 bits per heavy atom. The zero-order valence-electron chi connectivity index (χ0n) is 16.9. The smallest absolute Gasteiger partial charge is 0.338 e. The fourth-order valence-corrected chi connectivity index (χ4v) is 4.08. The van der Waals surface area contributed by atoms with Gasteiger partial charge in [0, 0.05) is 24.2 Å². The third-order valence-electron chi connectivity index (χ3n) is 3.90. The number of anilines is 1. The lowest BCUT2D eigenvalue weighted by molar-refractivity contribution is -0.129. The Balaban J connectivity index is 2.01. The molecule has 0 radical (unpaired) electrons. The average Bonchev–Trinajstić information content (AvgIpc) is 2.90. The van der Waals surface area contributed by atoms with Gasteiger partial charge in [-0.15, -0.1) is 0 Å². The second-order valence-corrected chi connectivity index (χ2v) is 8.13. The van der Waals surface area contributed by atoms with Gasteiger partial charge in [0.1, 0.15) is 5.25 Å². The largest absolute Gasteiger partial charge is 0.462 e. The molecule has 0 aromatic heterocycles. The van der Waals surface area contributed by atoms with Gasteiger partial charge in [0.05, 0.1) is 12.2 Å². The molecule has 1 saturated heterocycles. The number of hydrogen-bond donors (Lipinski definition) is 1. The summed E-state index contributed by atoms with van der Waals surface area (Å²) < 4.78 is 4.93. The van der Waals surface area contributed by atoms with Crippen LogP contribution in [-0.4, -0.2) is 51.8 Å². The molecule has 2 rings (SSSR count). The molecule has 1 atom stereocenters. The number of benzene rings is 1. The van der Waals surface area contributed by atoms with Crippen LogP contribution in [0.5, 0.6) is 0 Å². The number of nitrogens with one attached hydrogen (secondary N) is 1. The number of rotatable bonds is 7. The Hall–Kier alpha value is -2.35. The normalized spacial score (nSPS) is 18.2. The topological polar surface area (TPSA) is 88.1 Å². The number of thioether (sulfide) groups is 1. The highest BCUT2D eigenvalue weighted by molar-refractivity contribution is 8.15. The number of aliphatic imine (C=N–C) groups is 1. The van der Waals surface area contributed by atoms with Crippen LogP contribution in [0.3, 0.4) is 0 Å². The third kappa shape index (κ3) is 5.58. The second kappa shape index (κ2) is 9.73. The highest BCUT2D eigenvalue weighted by atomic mass is 32.2. The van der Waals surface area contributed by atoms with Crippen LogP contribution in [0, 0.1) is 0 Å². The quantitative estimate of drug-likeness (QED) is 0.703. The van der Waals surface area contributed by atoms with Gasteiger partial charge in [0.15, 0.2) is 5.17 Å². The number of hydrogen-bond acceptors (Lipinski definition) is 6. The van der Waals surface area contributed by atoms with Gasteiger partial charge in [0.25, 0.3) is 0 Å². The summed E-state index contributed by atoms with van der Waals surface area (Å²) >= 11 is 1.34. The maximum atomic E-state index is 12.7. The highest BCUT2D eigenvalue weighted by Gasteiger charge is 2.40. The summed E-state index contributed by atoms with van der Waals surface area (Å²) in [4.78, 5) is 43.0. The van der Waals surface area contributed by atoms with Crippen molar-refractivity contribution in [1.29, 1.82) is 0 Å². The molecule has 1 aromatic rings. The highest BCUT2D eigenvalue weighted by Crippen LogP contribution is 2.31. The Morgan fingerprint density at radius 2 is 1.86 bits per heavy atom. The summed E-state index contributed by atoms with van der Waals surface area (Å²) in [5, 5.41) is 2.96. The molecule has 0 saturated carbocycles. The van der Waals surface area contributed by atoms with Crippen molar-refractivity contribution in [2.45, 2.75) is 58.4 Å². The minimum absolute atomic E-state index is 0.0130. The predicted octanol–water partition coefficient (Wildman–Crippen LogP) is 3.31. The van der Waals surface area contributed by atoms with E-state index in [2.05, 4.69) is 10.3 Å². The summed E-state index contributed by atoms with van der Waals surface area (Å²) in [6.45, 7) is 9.82. The van der Waals surface area contributed by atoms with E-state index in [4.69, 9.17) is 4.74 Å². The lowest BCUT2D eigenvalue weighted by Gasteiger charge is -2.21. The van der Waals surface area contributed by atoms with Crippen LogP contribution in [0.2, 0.25) is 0 Å². The summed E-state index contributed by atoms with van der Waals surface area (Å²) in [5.74, 6) is -0.754. The van der Waals surface area contributed by atoms with Gasteiger partial charge < -0.3 is 10.1 Å². The predicted molar refractivity (Wildman–Crippen MR) is 112 cm³/mol. The van der Waals surface area contributed by atoms with Gasteiger partial charge in [-0.05, 0) is 58.9 Å². The first kappa shape index (κ1) is 21.9. The van der Waals surface area contributed by atoms with Gasteiger partial charge in [-0.25, -0.2) is 4.79 Å². The SMILES string of the molecule is CCOC(=O)c1ccc(NC(=O)C[C@H]2SC(=NC(C)C)N(C(C)C)C2=O)cc1. The van der Waals surface area contributed by atoms with Gasteiger partial charge in [0.2, 0.25) is 11.8 Å². The van der Waals surface area contributed by atoms with Crippen LogP contribution in [0.4, 0.5) is 5.69 Å². The summed E-state index contributed by atoms with van der Waals surface area (Å²) in [5.41, 5.74) is 0.980. The van der Waals surface area contributed by atoms with E-state index in [1.54, 1.807) is 36.1 Å². The van der Waals surface area contributed by atoms with Crippen LogP contribution in [-0.2, 0) is 14.3 Å². The molecule has 1 aliphatic rings. The standard InChI is InChI=1S/C20H27N3O4S/c1-6-27-19(26)14-7-9-15(10-8-14)22-17(24)11-16-18(25)23(13(4)5)20(28-16)21-12(2)3/h7-10,12-13,16H,6,11H2,1-5H3,(H,22,24)/t16-/m1/s1. The van der Waals surface area contributed by atoms with Crippen molar-refractivity contribution in [3.8, 4) is 0 Å². The zero-order chi connectivity index (χ0) is 20.8. The van der Waals surface area contributed by atoms with Crippen molar-refractivity contribution in [2.24, 2.45) is 4.99 Å². The van der Waals surface area contributed by atoms with E-state index in [0.29, 0.717) is 23.0 Å². The van der Waals surface area contributed by atoms with E-state index in [9.17, 15) is 14.4 Å². The van der Waals surface area contributed by atoms with E-state index in [1.165, 1.54) is 11.8 Å². The monoisotopic (exact) mass is 405 g/mol. The molecule has 0 aliphatic carbocycles. The third-order valence-corrected chi connectivity index (χ3v) is 5.07. The van der Waals surface area contributed by atoms with Gasteiger partial charge >= 0.3 is 5.97 Å². The van der Waals surface area contributed by atoms with E-state index < -0.39 is 11.2 Å². The lowest BCUT2D eigenvalue weighted by atomic mass is 10.2. The maximum absolute atomic E-state index is 12.7. The number of amides is 2. The molecule has 2 amide bonds. The molecule has 1 fully saturated rings. The van der Waals surface area contributed by atoms with Crippen molar-refractivity contribution in [1.82, 2.24) is 4.90 Å². The number of ether oxygens (including phenoxy) is 1. The fourth-order valence-electron chi connectivity index (χ4n) is 2.69. The van der Waals surface area contributed by atoms with E-state index >= 15 is 0 Å². The summed E-state index contributed by atoms with van der Waals surface area (Å²) in [6, 6.07) is 6.52. The molecule has 0 spiro atoms. The first-order chi connectivity index (χ1) is 13.2. The zero-order valence-corrected chi connectivity index (χ0v) is 17.7. The molecular weight excluding hydrogens is 378 g/mol. The molecule has 28 heavy (non-hydrogen) atoms. The first-order valence-electron chi connectivity index (χ1n) is 9.37. The van der Waals surface area contributed by atoms with Crippen LogP contribution in [0.1, 0.15) is 51.4 Å². The second-order valence-electron chi connectivity index (χ2n) is 6.96. The van der Waals surface area contributed by atoms with Crippen molar-refractivity contribution >= 4 is 40.4 Å². The molecule has 1 aliphatic heterocycles. The van der Waals surface area contributed by atoms with E-state index in [0.717, 1.165) is 0 Å². The number of amidine groups is 1. The average molecular weight is 406 g/mol. The molecule has 1 N–H and O–H groups in total. The Bertz CT molecular complexity index is 759. The summed E-state index contributed by atoms with van der Waals surface area (Å²) in [6.07, 6.45) is 0.0590. The molecule has 0 bridgehead atoms. The Kier molecular flexibility index (Phi) is 7.62. The van der Waals surface area contributed by atoms with Crippen molar-refractivity contribution in [3.05, 3.63) is 29.8 Å². The van der Waals surface area contributed by atoms with Gasteiger partial charge in [-0.2, -0.15) is 0 Å². The number of esters is 1. The van der Waals surface area contributed by atoms with Crippen LogP contribution >= 0.6 is 11.8 Å². The molecule has 0 unspecified atom stereocenters. The molecule has 8 heteroatoms. The minimum atomic E-state index is -0.487. The molecule has 7 nitrogen and oxygen atoms in total. The number of nitrogens with zero attached hydrogens (tertiary/aromatic N) is 2. The van der Waals surface area contributed by atoms with Gasteiger partial charge in [-0.3, -0.25) is 19.5 Å². The van der Waals surface area contributed by atoms with E-state index in [1.807, 2.05) is 27.7 Å². The van der Waals surface area contributed by atoms with Crippen LogP contribution < -0.4 is 5.32 Å². The van der Waals surface area contributed by atoms with Crippen molar-refractivity contribution in [3.63, 3.8) is 0 Å². The maximum Gasteiger partial charge on any atom is 0.338 e. The van der Waals surface area contributed by atoms with Crippen molar-refractivity contribution in [2.75, 3.05) is 11.9 Å². The first-order valence-corrected chi connectivity index (χ1v) is 10.3. The molecular formula is C20H27N3O4S. The van der Waals surface area contributed by atoms with E-state index in [-0.39, 0.29) is 30.3 Å².